The molecule has 1 atom stereocenters. The Morgan fingerprint density at radius 3 is 3.05 bits per heavy atom. The zero-order chi connectivity index (χ0) is 13.2. The normalized spacial score (nSPS) is 21.9. The van der Waals surface area contributed by atoms with E-state index in [2.05, 4.69) is 15.5 Å². The molecule has 1 fully saturated rings. The average molecular weight is 261 g/mol. The monoisotopic (exact) mass is 261 g/mol. The molecule has 5 heteroatoms. The summed E-state index contributed by atoms with van der Waals surface area (Å²) in [6.45, 7) is 3.95. The molecule has 102 valence electrons. The van der Waals surface area contributed by atoms with E-state index in [0.717, 1.165) is 37.6 Å². The number of benzene rings is 1. The van der Waals surface area contributed by atoms with Gasteiger partial charge in [-0.1, -0.05) is 0 Å². The minimum Gasteiger partial charge on any atom is -0.478 e. The molecule has 0 aromatic heterocycles. The van der Waals surface area contributed by atoms with E-state index in [-0.39, 0.29) is 0 Å². The third kappa shape index (κ3) is 2.51. The second kappa shape index (κ2) is 5.09. The maximum absolute atomic E-state index is 11.0. The van der Waals surface area contributed by atoms with Crippen LogP contribution in [-0.4, -0.2) is 43.3 Å². The lowest BCUT2D eigenvalue weighted by Gasteiger charge is -2.34. The zero-order valence-electron chi connectivity index (χ0n) is 10.9. The van der Waals surface area contributed by atoms with Crippen LogP contribution in [0.1, 0.15) is 23.2 Å². The third-order valence-corrected chi connectivity index (χ3v) is 3.88. The summed E-state index contributed by atoms with van der Waals surface area (Å²) in [4.78, 5) is 13.3. The fourth-order valence-corrected chi connectivity index (χ4v) is 2.90. The summed E-state index contributed by atoms with van der Waals surface area (Å²) in [5.74, 6) is -0.876. The van der Waals surface area contributed by atoms with Gasteiger partial charge >= 0.3 is 5.97 Å². The fraction of sp³-hybridized carbons (Fsp3) is 0.500. The van der Waals surface area contributed by atoms with Crippen molar-refractivity contribution in [2.45, 2.75) is 18.9 Å². The van der Waals surface area contributed by atoms with Gasteiger partial charge in [0.15, 0.2) is 0 Å². The molecule has 1 aromatic rings. The lowest BCUT2D eigenvalue weighted by atomic mass is 10.1. The number of rotatable bonds is 3. The van der Waals surface area contributed by atoms with Crippen molar-refractivity contribution in [2.75, 3.05) is 36.4 Å². The molecule has 0 spiro atoms. The van der Waals surface area contributed by atoms with E-state index in [9.17, 15) is 4.79 Å². The quantitative estimate of drug-likeness (QED) is 0.767. The molecule has 19 heavy (non-hydrogen) atoms. The van der Waals surface area contributed by atoms with Gasteiger partial charge in [-0.25, -0.2) is 4.79 Å². The molecular weight excluding hydrogens is 242 g/mol. The predicted molar refractivity (Wildman–Crippen MR) is 75.1 cm³/mol. The molecule has 1 saturated heterocycles. The van der Waals surface area contributed by atoms with Crippen LogP contribution in [0.2, 0.25) is 0 Å². The lowest BCUT2D eigenvalue weighted by molar-refractivity contribution is 0.0697. The van der Waals surface area contributed by atoms with Crippen molar-refractivity contribution in [1.82, 2.24) is 5.32 Å². The van der Waals surface area contributed by atoms with Crippen molar-refractivity contribution in [3.05, 3.63) is 23.8 Å². The van der Waals surface area contributed by atoms with Crippen LogP contribution >= 0.6 is 0 Å². The van der Waals surface area contributed by atoms with Gasteiger partial charge in [-0.3, -0.25) is 0 Å². The van der Waals surface area contributed by atoms with Crippen LogP contribution in [0.4, 0.5) is 11.4 Å². The highest BCUT2D eigenvalue weighted by Gasteiger charge is 2.22. The van der Waals surface area contributed by atoms with Crippen molar-refractivity contribution in [2.24, 2.45) is 0 Å². The van der Waals surface area contributed by atoms with Gasteiger partial charge in [-0.05, 0) is 37.6 Å². The molecular formula is C14H19N3O2. The molecule has 0 bridgehead atoms. The van der Waals surface area contributed by atoms with Crippen LogP contribution in [0.3, 0.4) is 0 Å². The van der Waals surface area contributed by atoms with Gasteiger partial charge in [0.1, 0.15) is 0 Å². The standard InChI is InChI=1S/C14H19N3O2/c18-14(19)10-3-4-13-12(8-10)16-6-7-17(13)9-11-2-1-5-15-11/h3-4,8,11,15-16H,1-2,5-7,9H2,(H,18,19). The Bertz CT molecular complexity index is 484. The zero-order valence-corrected chi connectivity index (χ0v) is 10.9. The fourth-order valence-electron chi connectivity index (χ4n) is 2.90. The number of anilines is 2. The number of aromatic carboxylic acids is 1. The van der Waals surface area contributed by atoms with E-state index < -0.39 is 5.97 Å². The van der Waals surface area contributed by atoms with E-state index in [0.29, 0.717) is 11.6 Å². The van der Waals surface area contributed by atoms with E-state index in [4.69, 9.17) is 5.11 Å². The first kappa shape index (κ1) is 12.3. The highest BCUT2D eigenvalue weighted by atomic mass is 16.4. The Morgan fingerprint density at radius 2 is 2.32 bits per heavy atom. The van der Waals surface area contributed by atoms with Crippen LogP contribution in [0.5, 0.6) is 0 Å². The average Bonchev–Trinajstić information content (AvgIpc) is 2.91. The summed E-state index contributed by atoms with van der Waals surface area (Å²) >= 11 is 0. The van der Waals surface area contributed by atoms with Crippen molar-refractivity contribution in [3.63, 3.8) is 0 Å². The van der Waals surface area contributed by atoms with Crippen molar-refractivity contribution >= 4 is 17.3 Å². The number of fused-ring (bicyclic) bond motifs is 1. The minimum absolute atomic E-state index is 0.340. The number of nitrogens with zero attached hydrogens (tertiary/aromatic N) is 1. The molecule has 2 aliphatic rings. The summed E-state index contributed by atoms with van der Waals surface area (Å²) in [5, 5.41) is 15.8. The van der Waals surface area contributed by atoms with Gasteiger partial charge in [0.25, 0.3) is 0 Å². The second-order valence-corrected chi connectivity index (χ2v) is 5.20. The van der Waals surface area contributed by atoms with Gasteiger partial charge < -0.3 is 20.6 Å². The summed E-state index contributed by atoms with van der Waals surface area (Å²) in [6, 6.07) is 5.89. The molecule has 3 N–H and O–H groups in total. The smallest absolute Gasteiger partial charge is 0.335 e. The van der Waals surface area contributed by atoms with Crippen LogP contribution in [0, 0.1) is 0 Å². The highest BCUT2D eigenvalue weighted by molar-refractivity contribution is 5.91. The van der Waals surface area contributed by atoms with Crippen LogP contribution < -0.4 is 15.5 Å². The van der Waals surface area contributed by atoms with Crippen molar-refractivity contribution in [1.29, 1.82) is 0 Å². The summed E-state index contributed by atoms with van der Waals surface area (Å²) in [5.41, 5.74) is 2.39. The van der Waals surface area contributed by atoms with Crippen LogP contribution in [0.15, 0.2) is 18.2 Å². The largest absolute Gasteiger partial charge is 0.478 e. The first-order valence-electron chi connectivity index (χ1n) is 6.83. The molecule has 3 rings (SSSR count). The Labute approximate surface area is 112 Å². The van der Waals surface area contributed by atoms with E-state index in [1.54, 1.807) is 12.1 Å². The molecule has 2 heterocycles. The van der Waals surface area contributed by atoms with E-state index >= 15 is 0 Å². The Kier molecular flexibility index (Phi) is 3.29. The number of carbonyl (C=O) groups is 1. The topological polar surface area (TPSA) is 64.6 Å². The van der Waals surface area contributed by atoms with Gasteiger partial charge in [0.05, 0.1) is 16.9 Å². The lowest BCUT2D eigenvalue weighted by Crippen LogP contribution is -2.42. The molecule has 0 aliphatic carbocycles. The first-order chi connectivity index (χ1) is 9.24. The highest BCUT2D eigenvalue weighted by Crippen LogP contribution is 2.30. The number of hydrogen-bond donors (Lipinski definition) is 3. The van der Waals surface area contributed by atoms with Gasteiger partial charge in [-0.2, -0.15) is 0 Å². The SMILES string of the molecule is O=C(O)c1ccc2c(c1)NCCN2CC1CCCN1. The minimum atomic E-state index is -0.876. The maximum Gasteiger partial charge on any atom is 0.335 e. The summed E-state index contributed by atoms with van der Waals surface area (Å²) < 4.78 is 0. The molecule has 0 amide bonds. The molecule has 1 aromatic carbocycles. The predicted octanol–water partition coefficient (Wildman–Crippen LogP) is 1.37. The van der Waals surface area contributed by atoms with E-state index in [1.165, 1.54) is 12.8 Å². The van der Waals surface area contributed by atoms with E-state index in [1.807, 2.05) is 6.07 Å². The van der Waals surface area contributed by atoms with Crippen LogP contribution in [0.25, 0.3) is 0 Å². The summed E-state index contributed by atoms with van der Waals surface area (Å²) in [7, 11) is 0. The molecule has 5 nitrogen and oxygen atoms in total. The first-order valence-corrected chi connectivity index (χ1v) is 6.83. The van der Waals surface area contributed by atoms with Gasteiger partial charge in [0.2, 0.25) is 0 Å². The number of hydrogen-bond acceptors (Lipinski definition) is 4. The van der Waals surface area contributed by atoms with Crippen LogP contribution in [-0.2, 0) is 0 Å². The Morgan fingerprint density at radius 1 is 1.42 bits per heavy atom. The molecule has 1 unspecified atom stereocenters. The van der Waals surface area contributed by atoms with Gasteiger partial charge in [-0.15, -0.1) is 0 Å². The van der Waals surface area contributed by atoms with Crippen molar-refractivity contribution in [3.8, 4) is 0 Å². The molecule has 0 radical (unpaired) electrons. The molecule has 2 aliphatic heterocycles. The Balaban J connectivity index is 1.81. The maximum atomic E-state index is 11.0. The van der Waals surface area contributed by atoms with Crippen molar-refractivity contribution < 1.29 is 9.90 Å². The summed E-state index contributed by atoms with van der Waals surface area (Å²) in [6.07, 6.45) is 2.48. The second-order valence-electron chi connectivity index (χ2n) is 5.20. The van der Waals surface area contributed by atoms with Gasteiger partial charge in [0, 0.05) is 25.7 Å². The third-order valence-electron chi connectivity index (χ3n) is 3.88. The molecule has 0 saturated carbocycles. The Hall–Kier alpha value is -1.75. The number of nitrogens with one attached hydrogen (secondary N) is 2. The number of carboxylic acid groups (broad SMARTS) is 1. The number of carboxylic acids is 1.